The van der Waals surface area contributed by atoms with Crippen molar-refractivity contribution in [2.45, 2.75) is 32.7 Å². The number of hydrogen-bond donors (Lipinski definition) is 2. The van der Waals surface area contributed by atoms with E-state index in [4.69, 9.17) is 0 Å². The van der Waals surface area contributed by atoms with Gasteiger partial charge in [0.25, 0.3) is 0 Å². The fourth-order valence-corrected chi connectivity index (χ4v) is 2.53. The molecule has 0 bridgehead atoms. The Hall–Kier alpha value is -1.71. The van der Waals surface area contributed by atoms with Gasteiger partial charge in [-0.25, -0.2) is 0 Å². The molecule has 2 heterocycles. The Balaban J connectivity index is 2.28. The Morgan fingerprint density at radius 2 is 2.25 bits per heavy atom. The predicted molar refractivity (Wildman–Crippen MR) is 76.5 cm³/mol. The number of nitrogens with one attached hydrogen (secondary N) is 1. The molecule has 0 aliphatic carbocycles. The number of rotatable bonds is 5. The van der Waals surface area contributed by atoms with Gasteiger partial charge in [-0.1, -0.05) is 0 Å². The van der Waals surface area contributed by atoms with Crippen molar-refractivity contribution in [3.8, 4) is 6.07 Å². The summed E-state index contributed by atoms with van der Waals surface area (Å²) in [5.74, 6) is 0.582. The summed E-state index contributed by atoms with van der Waals surface area (Å²) in [6.07, 6.45) is 2.28. The first kappa shape index (κ1) is 14.7. The number of aromatic nitrogens is 2. The van der Waals surface area contributed by atoms with Crippen LogP contribution in [0, 0.1) is 25.2 Å². The van der Waals surface area contributed by atoms with E-state index in [1.807, 2.05) is 18.7 Å². The van der Waals surface area contributed by atoms with E-state index in [2.05, 4.69) is 21.6 Å². The molecule has 1 aromatic rings. The first-order valence-electron chi connectivity index (χ1n) is 7.00. The van der Waals surface area contributed by atoms with E-state index in [1.54, 1.807) is 0 Å². The van der Waals surface area contributed by atoms with Gasteiger partial charge in [-0.15, -0.1) is 5.10 Å². The van der Waals surface area contributed by atoms with Crippen LogP contribution in [0.2, 0.25) is 0 Å². The molecule has 0 radical (unpaired) electrons. The van der Waals surface area contributed by atoms with Crippen LogP contribution in [0.1, 0.15) is 29.7 Å². The molecule has 1 unspecified atom stereocenters. The number of hydrogen-bond acceptors (Lipinski definition) is 6. The second kappa shape index (κ2) is 6.64. The van der Waals surface area contributed by atoms with Crippen LogP contribution in [0.3, 0.4) is 0 Å². The summed E-state index contributed by atoms with van der Waals surface area (Å²) in [7, 11) is 0. The molecular formula is C14H21N5O. The first-order chi connectivity index (χ1) is 9.67. The highest BCUT2D eigenvalue weighted by Gasteiger charge is 2.22. The molecule has 108 valence electrons. The summed E-state index contributed by atoms with van der Waals surface area (Å²) in [6, 6.07) is 2.61. The number of aliphatic hydroxyl groups is 1. The van der Waals surface area contributed by atoms with Crippen molar-refractivity contribution in [1.82, 2.24) is 15.5 Å². The average Bonchev–Trinajstić information content (AvgIpc) is 2.94. The third kappa shape index (κ3) is 3.06. The molecule has 0 saturated carbocycles. The Morgan fingerprint density at radius 1 is 1.45 bits per heavy atom. The normalized spacial score (nSPS) is 18.0. The van der Waals surface area contributed by atoms with Gasteiger partial charge in [0, 0.05) is 19.1 Å². The second-order valence-corrected chi connectivity index (χ2v) is 5.18. The van der Waals surface area contributed by atoms with Gasteiger partial charge in [0.15, 0.2) is 5.82 Å². The molecule has 2 rings (SSSR count). The smallest absolute Gasteiger partial charge is 0.169 e. The van der Waals surface area contributed by atoms with E-state index in [0.717, 1.165) is 30.8 Å². The maximum atomic E-state index is 9.38. The molecule has 1 fully saturated rings. The van der Waals surface area contributed by atoms with Crippen LogP contribution in [0.15, 0.2) is 0 Å². The van der Waals surface area contributed by atoms with E-state index in [1.165, 1.54) is 6.42 Å². The molecule has 20 heavy (non-hydrogen) atoms. The van der Waals surface area contributed by atoms with Crippen LogP contribution in [-0.2, 0) is 0 Å². The second-order valence-electron chi connectivity index (χ2n) is 5.18. The fourth-order valence-electron chi connectivity index (χ4n) is 2.53. The number of anilines is 1. The molecule has 0 spiro atoms. The van der Waals surface area contributed by atoms with E-state index in [0.29, 0.717) is 24.0 Å². The van der Waals surface area contributed by atoms with Gasteiger partial charge in [0.05, 0.1) is 12.3 Å². The lowest BCUT2D eigenvalue weighted by molar-refractivity contribution is 0.300. The number of nitrogens with zero attached hydrogens (tertiary/aromatic N) is 4. The molecule has 1 atom stereocenters. The van der Waals surface area contributed by atoms with Gasteiger partial charge in [-0.05, 0) is 38.8 Å². The SMILES string of the molecule is Cc1nnc(N(CCO)CC2CCCN2)c(C#N)c1C. The van der Waals surface area contributed by atoms with Crippen LogP contribution in [0.25, 0.3) is 0 Å². The van der Waals surface area contributed by atoms with Gasteiger partial charge in [-0.3, -0.25) is 0 Å². The molecule has 6 nitrogen and oxygen atoms in total. The van der Waals surface area contributed by atoms with Crippen molar-refractivity contribution in [2.75, 3.05) is 31.1 Å². The molecule has 0 aromatic carbocycles. The van der Waals surface area contributed by atoms with E-state index in [-0.39, 0.29) is 6.61 Å². The molecule has 1 aliphatic rings. The molecule has 1 aliphatic heterocycles. The lowest BCUT2D eigenvalue weighted by Crippen LogP contribution is -2.40. The molecule has 1 aromatic heterocycles. The van der Waals surface area contributed by atoms with Crippen LogP contribution < -0.4 is 10.2 Å². The van der Waals surface area contributed by atoms with Crippen molar-refractivity contribution < 1.29 is 5.11 Å². The minimum atomic E-state index is 0.0339. The van der Waals surface area contributed by atoms with Crippen LogP contribution in [0.4, 0.5) is 5.82 Å². The Morgan fingerprint density at radius 3 is 2.85 bits per heavy atom. The highest BCUT2D eigenvalue weighted by Crippen LogP contribution is 2.22. The summed E-state index contributed by atoms with van der Waals surface area (Å²) in [6.45, 7) is 6.00. The zero-order valence-electron chi connectivity index (χ0n) is 12.1. The minimum Gasteiger partial charge on any atom is -0.395 e. The Labute approximate surface area is 119 Å². The van der Waals surface area contributed by atoms with Crippen LogP contribution in [-0.4, -0.2) is 47.6 Å². The Kier molecular flexibility index (Phi) is 4.88. The van der Waals surface area contributed by atoms with Gasteiger partial charge in [0.2, 0.25) is 0 Å². The summed E-state index contributed by atoms with van der Waals surface area (Å²) >= 11 is 0. The molecule has 1 saturated heterocycles. The van der Waals surface area contributed by atoms with Gasteiger partial charge in [-0.2, -0.15) is 10.4 Å². The van der Waals surface area contributed by atoms with Crippen molar-refractivity contribution in [3.05, 3.63) is 16.8 Å². The van der Waals surface area contributed by atoms with Gasteiger partial charge in [0.1, 0.15) is 11.6 Å². The standard InChI is InChI=1S/C14H21N5O/c1-10-11(2)17-18-14(13(10)8-15)19(6-7-20)9-12-4-3-5-16-12/h12,16,20H,3-7,9H2,1-2H3. The summed E-state index contributed by atoms with van der Waals surface area (Å²) in [4.78, 5) is 1.96. The van der Waals surface area contributed by atoms with Gasteiger partial charge < -0.3 is 15.3 Å². The topological polar surface area (TPSA) is 85.1 Å². The van der Waals surface area contributed by atoms with Crippen molar-refractivity contribution >= 4 is 5.82 Å². The van der Waals surface area contributed by atoms with E-state index < -0.39 is 0 Å². The largest absolute Gasteiger partial charge is 0.395 e. The summed E-state index contributed by atoms with van der Waals surface area (Å²) in [5.41, 5.74) is 2.19. The van der Waals surface area contributed by atoms with Crippen LogP contribution in [0.5, 0.6) is 0 Å². The Bertz CT molecular complexity index is 505. The number of aliphatic hydroxyl groups excluding tert-OH is 1. The highest BCUT2D eigenvalue weighted by atomic mass is 16.3. The zero-order chi connectivity index (χ0) is 14.5. The monoisotopic (exact) mass is 275 g/mol. The van der Waals surface area contributed by atoms with Crippen molar-refractivity contribution in [3.63, 3.8) is 0 Å². The third-order valence-corrected chi connectivity index (χ3v) is 3.82. The average molecular weight is 275 g/mol. The maximum absolute atomic E-state index is 9.38. The fraction of sp³-hybridized carbons (Fsp3) is 0.643. The quantitative estimate of drug-likeness (QED) is 0.814. The maximum Gasteiger partial charge on any atom is 0.169 e. The molecule has 6 heteroatoms. The lowest BCUT2D eigenvalue weighted by Gasteiger charge is -2.27. The highest BCUT2D eigenvalue weighted by molar-refractivity contribution is 5.57. The van der Waals surface area contributed by atoms with Crippen LogP contribution >= 0.6 is 0 Å². The van der Waals surface area contributed by atoms with Crippen molar-refractivity contribution in [2.24, 2.45) is 0 Å². The third-order valence-electron chi connectivity index (χ3n) is 3.82. The van der Waals surface area contributed by atoms with Crippen molar-refractivity contribution in [1.29, 1.82) is 5.26 Å². The lowest BCUT2D eigenvalue weighted by atomic mass is 10.1. The molecule has 0 amide bonds. The number of aryl methyl sites for hydroxylation is 1. The zero-order valence-corrected chi connectivity index (χ0v) is 12.1. The molecular weight excluding hydrogens is 254 g/mol. The van der Waals surface area contributed by atoms with E-state index >= 15 is 0 Å². The predicted octanol–water partition coefficient (Wildman–Crippen LogP) is 0.516. The number of nitriles is 1. The first-order valence-corrected chi connectivity index (χ1v) is 7.00. The molecule has 2 N–H and O–H groups in total. The van der Waals surface area contributed by atoms with E-state index in [9.17, 15) is 10.4 Å². The minimum absolute atomic E-state index is 0.0339. The van der Waals surface area contributed by atoms with Gasteiger partial charge >= 0.3 is 0 Å². The summed E-state index contributed by atoms with van der Waals surface area (Å²) < 4.78 is 0. The summed E-state index contributed by atoms with van der Waals surface area (Å²) in [5, 5.41) is 30.4.